The highest BCUT2D eigenvalue weighted by atomic mass is 35.5. The Kier molecular flexibility index (Phi) is 3.12. The van der Waals surface area contributed by atoms with Gasteiger partial charge in [-0.05, 0) is 24.3 Å². The summed E-state index contributed by atoms with van der Waals surface area (Å²) in [6.45, 7) is 0.461. The van der Waals surface area contributed by atoms with E-state index in [1.165, 1.54) is 0 Å². The van der Waals surface area contributed by atoms with Crippen molar-refractivity contribution < 1.29 is 13.2 Å². The van der Waals surface area contributed by atoms with E-state index in [0.29, 0.717) is 17.3 Å². The van der Waals surface area contributed by atoms with Gasteiger partial charge in [-0.1, -0.05) is 11.6 Å². The van der Waals surface area contributed by atoms with Crippen molar-refractivity contribution in [3.05, 3.63) is 45.3 Å². The third-order valence-corrected chi connectivity index (χ3v) is 3.38. The van der Waals surface area contributed by atoms with Crippen LogP contribution >= 0.6 is 11.6 Å². The van der Waals surface area contributed by atoms with E-state index in [1.54, 1.807) is 29.2 Å². The van der Waals surface area contributed by atoms with E-state index in [1.807, 2.05) is 0 Å². The van der Waals surface area contributed by atoms with Crippen LogP contribution in [0, 0.1) is 0 Å². The van der Waals surface area contributed by atoms with Crippen molar-refractivity contribution in [1.29, 1.82) is 0 Å². The molecule has 0 unspecified atom stereocenters. The van der Waals surface area contributed by atoms with Crippen LogP contribution in [0.4, 0.5) is 24.8 Å². The summed E-state index contributed by atoms with van der Waals surface area (Å²) in [4.78, 5) is 13.4. The molecule has 0 fully saturated rings. The molecular formula is C12H8ClF3N4O. The highest BCUT2D eigenvalue weighted by Gasteiger charge is 2.39. The SMILES string of the molecule is O=c1c(C(F)(F)F)nnc2n1CCN2c1ccc(Cl)cc1. The molecule has 0 saturated carbocycles. The molecule has 0 spiro atoms. The molecule has 0 amide bonds. The number of halogens is 4. The third kappa shape index (κ3) is 2.35. The fraction of sp³-hybridized carbons (Fsp3) is 0.250. The number of aromatic nitrogens is 3. The Morgan fingerprint density at radius 1 is 1.10 bits per heavy atom. The van der Waals surface area contributed by atoms with E-state index in [0.717, 1.165) is 4.57 Å². The van der Waals surface area contributed by atoms with Crippen LogP contribution in [0.5, 0.6) is 0 Å². The number of benzene rings is 1. The molecule has 3 rings (SSSR count). The van der Waals surface area contributed by atoms with Gasteiger partial charge in [-0.3, -0.25) is 9.36 Å². The van der Waals surface area contributed by atoms with Gasteiger partial charge in [0.2, 0.25) is 11.6 Å². The van der Waals surface area contributed by atoms with E-state index in [4.69, 9.17) is 11.6 Å². The maximum atomic E-state index is 12.6. The number of rotatable bonds is 1. The number of fused-ring (bicyclic) bond motifs is 1. The second-order valence-electron chi connectivity index (χ2n) is 4.43. The number of alkyl halides is 3. The van der Waals surface area contributed by atoms with Gasteiger partial charge in [-0.15, -0.1) is 10.2 Å². The summed E-state index contributed by atoms with van der Waals surface area (Å²) < 4.78 is 38.9. The maximum Gasteiger partial charge on any atom is 0.440 e. The van der Waals surface area contributed by atoms with Gasteiger partial charge in [-0.2, -0.15) is 13.2 Å². The van der Waals surface area contributed by atoms with Crippen LogP contribution in [0.2, 0.25) is 5.02 Å². The second kappa shape index (κ2) is 4.73. The van der Waals surface area contributed by atoms with Crippen LogP contribution in [-0.2, 0) is 12.7 Å². The smallest absolute Gasteiger partial charge is 0.309 e. The molecule has 1 aliphatic rings. The van der Waals surface area contributed by atoms with E-state index >= 15 is 0 Å². The lowest BCUT2D eigenvalue weighted by molar-refractivity contribution is -0.143. The molecule has 9 heteroatoms. The van der Waals surface area contributed by atoms with Crippen LogP contribution < -0.4 is 10.5 Å². The molecule has 2 aromatic rings. The fourth-order valence-electron chi connectivity index (χ4n) is 2.15. The minimum atomic E-state index is -4.81. The standard InChI is InChI=1S/C12H8ClF3N4O/c13-7-1-3-8(4-2-7)19-5-6-20-10(21)9(12(14,15)16)17-18-11(19)20/h1-4H,5-6H2. The van der Waals surface area contributed by atoms with E-state index in [-0.39, 0.29) is 12.5 Å². The predicted octanol–water partition coefficient (Wildman–Crippen LogP) is 2.46. The topological polar surface area (TPSA) is 51.0 Å². The molecule has 110 valence electrons. The second-order valence-corrected chi connectivity index (χ2v) is 4.87. The predicted molar refractivity (Wildman–Crippen MR) is 69.8 cm³/mol. The zero-order valence-corrected chi connectivity index (χ0v) is 11.2. The molecule has 0 N–H and O–H groups in total. The zero-order valence-electron chi connectivity index (χ0n) is 10.4. The quantitative estimate of drug-likeness (QED) is 0.811. The van der Waals surface area contributed by atoms with Gasteiger partial charge in [0, 0.05) is 23.8 Å². The molecule has 21 heavy (non-hydrogen) atoms. The largest absolute Gasteiger partial charge is 0.440 e. The maximum absolute atomic E-state index is 12.6. The van der Waals surface area contributed by atoms with Crippen molar-refractivity contribution >= 4 is 23.2 Å². The lowest BCUT2D eigenvalue weighted by atomic mass is 10.3. The van der Waals surface area contributed by atoms with Crippen LogP contribution in [0.3, 0.4) is 0 Å². The Morgan fingerprint density at radius 2 is 1.76 bits per heavy atom. The minimum absolute atomic E-state index is 0.0929. The molecule has 1 aromatic carbocycles. The molecule has 0 bridgehead atoms. The van der Waals surface area contributed by atoms with Crippen LogP contribution in [0.25, 0.3) is 0 Å². The summed E-state index contributed by atoms with van der Waals surface area (Å²) in [6.07, 6.45) is -4.81. The summed E-state index contributed by atoms with van der Waals surface area (Å²) in [7, 11) is 0. The number of hydrogen-bond donors (Lipinski definition) is 0. The first-order valence-electron chi connectivity index (χ1n) is 5.96. The molecule has 0 saturated heterocycles. The summed E-state index contributed by atoms with van der Waals surface area (Å²) in [6, 6.07) is 6.69. The van der Waals surface area contributed by atoms with Crippen molar-refractivity contribution in [2.45, 2.75) is 12.7 Å². The van der Waals surface area contributed by atoms with Gasteiger partial charge in [0.1, 0.15) is 0 Å². The fourth-order valence-corrected chi connectivity index (χ4v) is 2.28. The molecule has 1 aliphatic heterocycles. The van der Waals surface area contributed by atoms with Crippen molar-refractivity contribution in [1.82, 2.24) is 14.8 Å². The number of nitrogens with zero attached hydrogens (tertiary/aromatic N) is 4. The Labute approximate surface area is 121 Å². The van der Waals surface area contributed by atoms with Gasteiger partial charge in [0.25, 0.3) is 5.56 Å². The van der Waals surface area contributed by atoms with Crippen LogP contribution in [0.15, 0.2) is 29.1 Å². The molecular weight excluding hydrogens is 309 g/mol. The molecule has 1 aromatic heterocycles. The van der Waals surface area contributed by atoms with Crippen molar-refractivity contribution in [3.8, 4) is 0 Å². The Morgan fingerprint density at radius 3 is 2.38 bits per heavy atom. The van der Waals surface area contributed by atoms with Gasteiger partial charge in [-0.25, -0.2) is 0 Å². The van der Waals surface area contributed by atoms with Crippen molar-refractivity contribution in [2.24, 2.45) is 0 Å². The van der Waals surface area contributed by atoms with Gasteiger partial charge in [0.15, 0.2) is 0 Å². The Bertz CT molecular complexity index is 742. The van der Waals surface area contributed by atoms with E-state index in [2.05, 4.69) is 10.2 Å². The van der Waals surface area contributed by atoms with Crippen LogP contribution in [0.1, 0.15) is 5.69 Å². The number of hydrogen-bond acceptors (Lipinski definition) is 4. The summed E-state index contributed by atoms with van der Waals surface area (Å²) >= 11 is 5.79. The zero-order chi connectivity index (χ0) is 15.2. The first-order valence-corrected chi connectivity index (χ1v) is 6.33. The minimum Gasteiger partial charge on any atom is -0.309 e. The average molecular weight is 317 g/mol. The molecule has 0 atom stereocenters. The number of anilines is 2. The lowest BCUT2D eigenvalue weighted by Gasteiger charge is -2.16. The third-order valence-electron chi connectivity index (χ3n) is 3.12. The molecule has 2 heterocycles. The lowest BCUT2D eigenvalue weighted by Crippen LogP contribution is -2.30. The first-order chi connectivity index (χ1) is 9.88. The molecule has 0 aliphatic carbocycles. The van der Waals surface area contributed by atoms with Gasteiger partial charge >= 0.3 is 6.18 Å². The highest BCUT2D eigenvalue weighted by Crippen LogP contribution is 2.29. The van der Waals surface area contributed by atoms with Crippen molar-refractivity contribution in [3.63, 3.8) is 0 Å². The Balaban J connectivity index is 2.06. The highest BCUT2D eigenvalue weighted by molar-refractivity contribution is 6.30. The monoisotopic (exact) mass is 316 g/mol. The van der Waals surface area contributed by atoms with Gasteiger partial charge in [0.05, 0.1) is 0 Å². The average Bonchev–Trinajstić information content (AvgIpc) is 2.83. The molecule has 5 nitrogen and oxygen atoms in total. The van der Waals surface area contributed by atoms with E-state index in [9.17, 15) is 18.0 Å². The van der Waals surface area contributed by atoms with Crippen molar-refractivity contribution in [2.75, 3.05) is 11.4 Å². The normalized spacial score (nSPS) is 14.4. The summed E-state index contributed by atoms with van der Waals surface area (Å²) in [5, 5.41) is 7.13. The summed E-state index contributed by atoms with van der Waals surface area (Å²) in [5.74, 6) is 0.0929. The first kappa shape index (κ1) is 13.9. The molecule has 0 radical (unpaired) electrons. The van der Waals surface area contributed by atoms with Gasteiger partial charge < -0.3 is 4.90 Å². The Hall–Kier alpha value is -2.09. The van der Waals surface area contributed by atoms with E-state index < -0.39 is 17.4 Å². The van der Waals surface area contributed by atoms with Crippen LogP contribution in [-0.4, -0.2) is 21.3 Å². The summed E-state index contributed by atoms with van der Waals surface area (Å²) in [5.41, 5.74) is -1.99.